The second-order valence-corrected chi connectivity index (χ2v) is 5.89. The molecule has 1 aliphatic heterocycles. The second kappa shape index (κ2) is 2.96. The second-order valence-electron chi connectivity index (χ2n) is 4.78. The van der Waals surface area contributed by atoms with E-state index in [9.17, 15) is 5.21 Å². The maximum atomic E-state index is 9.94. The van der Waals surface area contributed by atoms with E-state index in [-0.39, 0.29) is 11.1 Å². The van der Waals surface area contributed by atoms with E-state index in [2.05, 4.69) is 43.6 Å². The summed E-state index contributed by atoms with van der Waals surface area (Å²) in [7, 11) is 0. The van der Waals surface area contributed by atoms with Crippen LogP contribution in [0.4, 0.5) is 0 Å². The highest BCUT2D eigenvalue weighted by atomic mass is 79.9. The van der Waals surface area contributed by atoms with Gasteiger partial charge in [0.25, 0.3) is 0 Å². The lowest BCUT2D eigenvalue weighted by atomic mass is 9.82. The van der Waals surface area contributed by atoms with Gasteiger partial charge in [-0.3, -0.25) is 0 Å². The molecule has 0 amide bonds. The van der Waals surface area contributed by atoms with Gasteiger partial charge in [-0.25, -0.2) is 0 Å². The van der Waals surface area contributed by atoms with Crippen molar-refractivity contribution >= 4 is 15.9 Å². The van der Waals surface area contributed by atoms with E-state index in [1.165, 1.54) is 5.06 Å². The molecule has 0 bridgehead atoms. The van der Waals surface area contributed by atoms with Gasteiger partial charge in [0.15, 0.2) is 0 Å². The van der Waals surface area contributed by atoms with Crippen LogP contribution in [-0.4, -0.2) is 26.2 Å². The predicted octanol–water partition coefficient (Wildman–Crippen LogP) is 2.79. The Morgan fingerprint density at radius 1 is 1.33 bits per heavy atom. The average molecular weight is 236 g/mol. The third-order valence-electron chi connectivity index (χ3n) is 2.90. The van der Waals surface area contributed by atoms with Gasteiger partial charge in [0.05, 0.1) is 5.54 Å². The zero-order chi connectivity index (χ0) is 9.57. The van der Waals surface area contributed by atoms with Crippen molar-refractivity contribution < 1.29 is 5.21 Å². The molecule has 2 nitrogen and oxygen atoms in total. The third-order valence-corrected chi connectivity index (χ3v) is 4.47. The molecule has 72 valence electrons. The summed E-state index contributed by atoms with van der Waals surface area (Å²) in [6.07, 6.45) is 2.15. The molecule has 0 saturated carbocycles. The van der Waals surface area contributed by atoms with Crippen molar-refractivity contribution in [3.63, 3.8) is 0 Å². The van der Waals surface area contributed by atoms with Crippen molar-refractivity contribution in [2.45, 2.75) is 56.4 Å². The van der Waals surface area contributed by atoms with E-state index in [0.717, 1.165) is 12.8 Å². The summed E-state index contributed by atoms with van der Waals surface area (Å²) in [5.41, 5.74) is -0.254. The molecule has 1 aliphatic rings. The van der Waals surface area contributed by atoms with Gasteiger partial charge < -0.3 is 5.21 Å². The fourth-order valence-electron chi connectivity index (χ4n) is 1.85. The van der Waals surface area contributed by atoms with Crippen LogP contribution in [0.1, 0.15) is 40.5 Å². The lowest BCUT2D eigenvalue weighted by molar-refractivity contribution is -0.238. The molecule has 1 N–H and O–H groups in total. The normalized spacial score (nSPS) is 35.0. The Kier molecular flexibility index (Phi) is 2.59. The van der Waals surface area contributed by atoms with E-state index in [4.69, 9.17) is 0 Å². The summed E-state index contributed by atoms with van der Waals surface area (Å²) >= 11 is 3.60. The van der Waals surface area contributed by atoms with Gasteiger partial charge in [-0.15, -0.1) is 0 Å². The van der Waals surface area contributed by atoms with Crippen LogP contribution in [-0.2, 0) is 0 Å². The molecule has 3 heteroatoms. The van der Waals surface area contributed by atoms with Crippen LogP contribution < -0.4 is 0 Å². The van der Waals surface area contributed by atoms with Gasteiger partial charge in [-0.05, 0) is 40.5 Å². The number of piperidine rings is 1. The van der Waals surface area contributed by atoms with Gasteiger partial charge in [0.2, 0.25) is 0 Å². The van der Waals surface area contributed by atoms with Gasteiger partial charge >= 0.3 is 0 Å². The monoisotopic (exact) mass is 235 g/mol. The van der Waals surface area contributed by atoms with Crippen molar-refractivity contribution in [3.8, 4) is 0 Å². The molecule has 1 heterocycles. The Hall–Kier alpha value is 0.400. The van der Waals surface area contributed by atoms with E-state index in [1.807, 2.05) is 0 Å². The molecule has 12 heavy (non-hydrogen) atoms. The zero-order valence-electron chi connectivity index (χ0n) is 8.26. The number of alkyl halides is 1. The number of hydrogen-bond acceptors (Lipinski definition) is 2. The molecule has 1 saturated heterocycles. The SMILES string of the molecule is CC1(C)CCC(Br)C(C)(C)N1O. The number of hydrogen-bond donors (Lipinski definition) is 1. The average Bonchev–Trinajstić information content (AvgIpc) is 1.96. The van der Waals surface area contributed by atoms with Crippen molar-refractivity contribution in [3.05, 3.63) is 0 Å². The van der Waals surface area contributed by atoms with Crippen LogP contribution in [0.2, 0.25) is 0 Å². The van der Waals surface area contributed by atoms with Gasteiger partial charge in [0.1, 0.15) is 0 Å². The highest BCUT2D eigenvalue weighted by Gasteiger charge is 2.45. The summed E-state index contributed by atoms with van der Waals surface area (Å²) in [5, 5.41) is 11.4. The smallest absolute Gasteiger partial charge is 0.0535 e. The molecule has 0 aromatic rings. The maximum Gasteiger partial charge on any atom is 0.0535 e. The van der Waals surface area contributed by atoms with Crippen LogP contribution in [0.15, 0.2) is 0 Å². The Balaban J connectivity index is 2.86. The van der Waals surface area contributed by atoms with Gasteiger partial charge in [-0.2, -0.15) is 5.06 Å². The lowest BCUT2D eigenvalue weighted by Crippen LogP contribution is -2.61. The van der Waals surface area contributed by atoms with Crippen molar-refractivity contribution in [2.24, 2.45) is 0 Å². The first-order chi connectivity index (χ1) is 5.28. The fourth-order valence-corrected chi connectivity index (χ4v) is 2.27. The van der Waals surface area contributed by atoms with Gasteiger partial charge in [-0.1, -0.05) is 15.9 Å². The molecule has 0 radical (unpaired) electrons. The molecule has 1 rings (SSSR count). The first-order valence-electron chi connectivity index (χ1n) is 4.42. The highest BCUT2D eigenvalue weighted by molar-refractivity contribution is 9.09. The Morgan fingerprint density at radius 3 is 2.25 bits per heavy atom. The molecular weight excluding hydrogens is 218 g/mol. The summed E-state index contributed by atoms with van der Waals surface area (Å²) < 4.78 is 0. The van der Waals surface area contributed by atoms with Crippen LogP contribution in [0.25, 0.3) is 0 Å². The van der Waals surface area contributed by atoms with Crippen LogP contribution in [0, 0.1) is 0 Å². The molecule has 1 fully saturated rings. The Bertz CT molecular complexity index is 179. The molecule has 0 aromatic heterocycles. The van der Waals surface area contributed by atoms with Gasteiger partial charge in [0, 0.05) is 10.4 Å². The number of nitrogens with zero attached hydrogens (tertiary/aromatic N) is 1. The van der Waals surface area contributed by atoms with E-state index in [0.29, 0.717) is 4.83 Å². The largest absolute Gasteiger partial charge is 0.313 e. The van der Waals surface area contributed by atoms with Crippen LogP contribution >= 0.6 is 15.9 Å². The topological polar surface area (TPSA) is 23.5 Å². The minimum absolute atomic E-state index is 0.0895. The summed E-state index contributed by atoms with van der Waals surface area (Å²) in [6.45, 7) is 8.28. The van der Waals surface area contributed by atoms with E-state index in [1.54, 1.807) is 0 Å². The lowest BCUT2D eigenvalue weighted by Gasteiger charge is -2.51. The summed E-state index contributed by atoms with van der Waals surface area (Å²) in [6, 6.07) is 0. The number of halogens is 1. The van der Waals surface area contributed by atoms with Crippen molar-refractivity contribution in [1.29, 1.82) is 0 Å². The minimum atomic E-state index is -0.165. The Morgan fingerprint density at radius 2 is 1.83 bits per heavy atom. The molecular formula is C9H18BrNO. The molecule has 1 unspecified atom stereocenters. The number of rotatable bonds is 0. The first-order valence-corrected chi connectivity index (χ1v) is 5.33. The Labute approximate surface area is 83.0 Å². The minimum Gasteiger partial charge on any atom is -0.313 e. The number of hydroxylamine groups is 2. The van der Waals surface area contributed by atoms with Crippen molar-refractivity contribution in [2.75, 3.05) is 0 Å². The fraction of sp³-hybridized carbons (Fsp3) is 1.00. The standard InChI is InChI=1S/C9H18BrNO/c1-8(2)6-5-7(10)9(3,4)11(8)12/h7,12H,5-6H2,1-4H3. The van der Waals surface area contributed by atoms with Crippen molar-refractivity contribution in [1.82, 2.24) is 5.06 Å². The molecule has 0 spiro atoms. The molecule has 1 atom stereocenters. The van der Waals surface area contributed by atoms with Crippen LogP contribution in [0.3, 0.4) is 0 Å². The summed E-state index contributed by atoms with van der Waals surface area (Å²) in [4.78, 5) is 0.378. The first kappa shape index (κ1) is 10.5. The quantitative estimate of drug-likeness (QED) is 0.654. The van der Waals surface area contributed by atoms with E-state index >= 15 is 0 Å². The van der Waals surface area contributed by atoms with Crippen LogP contribution in [0.5, 0.6) is 0 Å². The maximum absolute atomic E-state index is 9.94. The molecule has 0 aliphatic carbocycles. The summed E-state index contributed by atoms with van der Waals surface area (Å²) in [5.74, 6) is 0. The van der Waals surface area contributed by atoms with E-state index < -0.39 is 0 Å². The third kappa shape index (κ3) is 1.54. The predicted molar refractivity (Wildman–Crippen MR) is 53.7 cm³/mol. The zero-order valence-corrected chi connectivity index (χ0v) is 9.85. The highest BCUT2D eigenvalue weighted by Crippen LogP contribution is 2.39. The molecule has 0 aromatic carbocycles.